The third-order valence-corrected chi connectivity index (χ3v) is 21.7. The van der Waals surface area contributed by atoms with E-state index in [1.165, 1.54) is 48.5 Å². The maximum atomic E-state index is 15.4. The third kappa shape index (κ3) is 29.9. The van der Waals surface area contributed by atoms with Crippen molar-refractivity contribution < 1.29 is 134 Å². The lowest BCUT2D eigenvalue weighted by Gasteiger charge is -2.52. The van der Waals surface area contributed by atoms with Crippen LogP contribution in [0.25, 0.3) is 0 Å². The van der Waals surface area contributed by atoms with Gasteiger partial charge in [0, 0.05) is 59.3 Å². The zero-order valence-electron chi connectivity index (χ0n) is 73.6. The first-order valence-electron chi connectivity index (χ1n) is 44.9. The quantitative estimate of drug-likeness (QED) is 0.0203. The van der Waals surface area contributed by atoms with Crippen molar-refractivity contribution in [1.82, 2.24) is 4.90 Å². The Morgan fingerprint density at radius 1 is 0.325 bits per heavy atom. The van der Waals surface area contributed by atoms with Crippen LogP contribution in [0, 0.1) is 0 Å². The molecule has 0 aromatic heterocycles. The van der Waals surface area contributed by atoms with E-state index in [0.29, 0.717) is 64.4 Å². The number of benzene rings is 6. The fraction of sp³-hybridized carbons (Fsp3) is 0.567. The molecule has 4 aliphatic heterocycles. The average molecular weight is 1760 g/mol. The number of aliphatic carboxylic acids is 1. The number of rotatable bonds is 54. The molecule has 10 rings (SSSR count). The standard InChI is InChI=1S/C97H129NO28/c1-8-15-53-107-63-72-76(81(110-56-18-11-4)84(112-58-20-13-6)93(116-72)114-60-52-98(61-66-40-28-22-29-41-66)97(106)115-62-67-42-30-23-31-43-67)123-94-85(113-59-21-14-7)82(111-57-19-12-5)77(73(117-94)64-108-54-16-9-2)124-95-87(122-92(105)71-50-38-27-39-51-71)83(120-90(103)69-46-34-25-35-47-69)78(74(118-95)65-109-55-17-10-3)125-96-86(121-91(104)70-48-36-26-37-49-70)79(75(99)80(126-96)88(100)101)119-89(102)68-44-32-24-33-45-68/h22-51,72-87,93-96,99H,8-21,52-65H2,1-7H3,(H,100,101)/t72?,73?,74?,75-,76-,77+,78+,79?,80?,81-,82-,83?,84?,85?,86-,87-,93-,94+,95-,96+/m0/s1. The Kier molecular flexibility index (Phi) is 43.1. The monoisotopic (exact) mass is 1760 g/mol. The van der Waals surface area contributed by atoms with Crippen molar-refractivity contribution in [3.63, 3.8) is 0 Å². The number of hydrogen-bond donors (Lipinski definition) is 2. The number of carboxylic acids is 1. The molecule has 1 amide bonds. The van der Waals surface area contributed by atoms with Gasteiger partial charge in [-0.2, -0.15) is 0 Å². The van der Waals surface area contributed by atoms with Crippen molar-refractivity contribution in [1.29, 1.82) is 0 Å². The SMILES string of the molecule is CCCCOCC1O[C@@H](O[C@@H]2C(COCCCC)O[C@H](O[C@H]3C(COCCCC)O[C@H](OCCN(Cc4ccccc4)C(=O)OCc4ccccc4)C(OCCCC)[C@H]3OCCCC)C(OCCCC)[C@H]2OCCCC)[C@@H](OC(=O)c2ccccc2)C(OC(=O)c2ccccc2)[C@@H]1O[C@@H]1OC(C(=O)O)[C@@H](O)C(OC(=O)c2ccccc2)[C@@H]1OC(=O)c1ccccc1. The summed E-state index contributed by atoms with van der Waals surface area (Å²) in [7, 11) is 0. The van der Waals surface area contributed by atoms with E-state index in [1.54, 1.807) is 77.7 Å². The summed E-state index contributed by atoms with van der Waals surface area (Å²) in [4.78, 5) is 89.1. The summed E-state index contributed by atoms with van der Waals surface area (Å²) < 4.78 is 137. The highest BCUT2D eigenvalue weighted by Crippen LogP contribution is 2.41. The van der Waals surface area contributed by atoms with Crippen LogP contribution in [0.2, 0.25) is 0 Å². The van der Waals surface area contributed by atoms with E-state index in [1.807, 2.05) is 88.4 Å². The van der Waals surface area contributed by atoms with E-state index in [4.69, 9.17) is 94.7 Å². The number of carbonyl (C=O) groups is 6. The Balaban J connectivity index is 1.09. The number of nitrogens with zero attached hydrogens (tertiary/aromatic N) is 1. The number of aliphatic hydroxyl groups excluding tert-OH is 1. The number of esters is 4. The molecule has 4 fully saturated rings. The molecule has 2 N–H and O–H groups in total. The molecule has 0 aliphatic carbocycles. The molecule has 4 aliphatic rings. The van der Waals surface area contributed by atoms with E-state index >= 15 is 9.59 Å². The molecule has 6 aromatic carbocycles. The lowest BCUT2D eigenvalue weighted by Crippen LogP contribution is -2.69. The number of carboxylic acid groups (broad SMARTS) is 1. The van der Waals surface area contributed by atoms with E-state index in [0.717, 1.165) is 43.2 Å². The number of unbranched alkanes of at least 4 members (excludes halogenated alkanes) is 7. The molecule has 690 valence electrons. The van der Waals surface area contributed by atoms with Gasteiger partial charge in [-0.3, -0.25) is 0 Å². The highest BCUT2D eigenvalue weighted by atomic mass is 16.8. The van der Waals surface area contributed by atoms with Crippen LogP contribution in [0.15, 0.2) is 182 Å². The van der Waals surface area contributed by atoms with Crippen molar-refractivity contribution in [2.45, 2.75) is 274 Å². The van der Waals surface area contributed by atoms with Crippen LogP contribution in [-0.4, -0.2) is 253 Å². The van der Waals surface area contributed by atoms with Crippen LogP contribution >= 0.6 is 0 Å². The summed E-state index contributed by atoms with van der Waals surface area (Å²) in [5.41, 5.74) is 1.71. The molecular weight excluding hydrogens is 1630 g/mol. The normalized spacial score (nSPS) is 26.0. The van der Waals surface area contributed by atoms with Crippen LogP contribution in [0.4, 0.5) is 4.79 Å². The fourth-order valence-electron chi connectivity index (χ4n) is 14.7. The molecule has 0 saturated carbocycles. The van der Waals surface area contributed by atoms with Gasteiger partial charge in [0.2, 0.25) is 0 Å². The van der Waals surface area contributed by atoms with Crippen LogP contribution in [0.5, 0.6) is 0 Å². The first-order chi connectivity index (χ1) is 61.6. The van der Waals surface area contributed by atoms with Gasteiger partial charge in [0.25, 0.3) is 0 Å². The second kappa shape index (κ2) is 54.6. The molecule has 0 radical (unpaired) electrons. The Labute approximate surface area is 740 Å². The largest absolute Gasteiger partial charge is 0.479 e. The first-order valence-corrected chi connectivity index (χ1v) is 44.9. The predicted molar refractivity (Wildman–Crippen MR) is 461 cm³/mol. The smallest absolute Gasteiger partial charge is 0.410 e. The second-order valence-electron chi connectivity index (χ2n) is 31.5. The molecule has 0 spiro atoms. The highest BCUT2D eigenvalue weighted by Gasteiger charge is 2.61. The summed E-state index contributed by atoms with van der Waals surface area (Å²) in [6.45, 7) is 15.5. The Hall–Kier alpha value is -8.70. The third-order valence-electron chi connectivity index (χ3n) is 21.7. The van der Waals surface area contributed by atoms with Gasteiger partial charge in [-0.05, 0) is 105 Å². The number of carbonyl (C=O) groups excluding carboxylic acids is 5. The van der Waals surface area contributed by atoms with E-state index < -0.39 is 165 Å². The molecule has 29 heteroatoms. The lowest BCUT2D eigenvalue weighted by atomic mass is 9.94. The van der Waals surface area contributed by atoms with Gasteiger partial charge in [-0.1, -0.05) is 227 Å². The Morgan fingerprint density at radius 3 is 1.02 bits per heavy atom. The van der Waals surface area contributed by atoms with Gasteiger partial charge in [0.1, 0.15) is 73.8 Å². The van der Waals surface area contributed by atoms with E-state index in [9.17, 15) is 29.4 Å². The Bertz CT molecular complexity index is 4070. The Morgan fingerprint density at radius 2 is 0.635 bits per heavy atom. The van der Waals surface area contributed by atoms with Gasteiger partial charge in [0.05, 0.1) is 48.7 Å². The maximum absolute atomic E-state index is 15.4. The predicted octanol–water partition coefficient (Wildman–Crippen LogP) is 14.4. The lowest BCUT2D eigenvalue weighted by molar-refractivity contribution is -0.394. The molecule has 126 heavy (non-hydrogen) atoms. The van der Waals surface area contributed by atoms with Crippen molar-refractivity contribution in [3.05, 3.63) is 215 Å². The fourth-order valence-corrected chi connectivity index (χ4v) is 14.7. The molecule has 8 unspecified atom stereocenters. The number of amides is 1. The van der Waals surface area contributed by atoms with E-state index in [2.05, 4.69) is 20.8 Å². The molecule has 6 aromatic rings. The zero-order chi connectivity index (χ0) is 89.2. The number of ether oxygens (including phenoxy) is 20. The minimum Gasteiger partial charge on any atom is -0.479 e. The number of aliphatic hydroxyl groups is 1. The van der Waals surface area contributed by atoms with E-state index in [-0.39, 0.29) is 101 Å². The summed E-state index contributed by atoms with van der Waals surface area (Å²) >= 11 is 0. The van der Waals surface area contributed by atoms with Crippen molar-refractivity contribution in [3.8, 4) is 0 Å². The molecule has 0 bridgehead atoms. The topological polar surface area (TPSA) is 331 Å². The average Bonchev–Trinajstić information content (AvgIpc) is 0.756. The van der Waals surface area contributed by atoms with Crippen LogP contribution < -0.4 is 0 Å². The van der Waals surface area contributed by atoms with Gasteiger partial charge in [0.15, 0.2) is 55.7 Å². The molecule has 4 heterocycles. The van der Waals surface area contributed by atoms with Crippen LogP contribution in [0.3, 0.4) is 0 Å². The summed E-state index contributed by atoms with van der Waals surface area (Å²) in [5.74, 6) is -5.81. The van der Waals surface area contributed by atoms with Gasteiger partial charge in [-0.15, -0.1) is 0 Å². The molecular formula is C97H129NO28. The van der Waals surface area contributed by atoms with Crippen LogP contribution in [0.1, 0.15) is 191 Å². The van der Waals surface area contributed by atoms with Gasteiger partial charge >= 0.3 is 35.9 Å². The maximum Gasteiger partial charge on any atom is 0.410 e. The van der Waals surface area contributed by atoms with Crippen molar-refractivity contribution in [2.24, 2.45) is 0 Å². The molecule has 29 nitrogen and oxygen atoms in total. The highest BCUT2D eigenvalue weighted by molar-refractivity contribution is 5.91. The number of hydrogen-bond acceptors (Lipinski definition) is 27. The first kappa shape index (κ1) is 99.5. The second-order valence-corrected chi connectivity index (χ2v) is 31.5. The van der Waals surface area contributed by atoms with Gasteiger partial charge in [-0.25, -0.2) is 28.8 Å². The summed E-state index contributed by atoms with van der Waals surface area (Å²) in [6, 6.07) is 50.3. The molecule has 20 atom stereocenters. The van der Waals surface area contributed by atoms with Crippen LogP contribution in [-0.2, 0) is 113 Å². The van der Waals surface area contributed by atoms with Crippen molar-refractivity contribution >= 4 is 35.9 Å². The molecule has 4 saturated heterocycles. The minimum atomic E-state index is -2.27. The summed E-state index contributed by atoms with van der Waals surface area (Å²) in [6.07, 6.45) is -22.6. The minimum absolute atomic E-state index is 0.0138. The zero-order valence-corrected chi connectivity index (χ0v) is 73.6. The summed E-state index contributed by atoms with van der Waals surface area (Å²) in [5, 5.41) is 23.2. The van der Waals surface area contributed by atoms with Crippen molar-refractivity contribution in [2.75, 3.05) is 79.2 Å². The van der Waals surface area contributed by atoms with Gasteiger partial charge < -0.3 is 110 Å².